The third-order valence-corrected chi connectivity index (χ3v) is 4.64. The van der Waals surface area contributed by atoms with E-state index in [1.54, 1.807) is 12.1 Å². The van der Waals surface area contributed by atoms with Crippen LogP contribution in [0.2, 0.25) is 0 Å². The molecular weight excluding hydrogens is 340 g/mol. The molecule has 2 rings (SSSR count). The van der Waals surface area contributed by atoms with Crippen molar-refractivity contribution in [2.24, 2.45) is 0 Å². The summed E-state index contributed by atoms with van der Waals surface area (Å²) < 4.78 is 28.3. The minimum atomic E-state index is -3.24. The lowest BCUT2D eigenvalue weighted by molar-refractivity contribution is -0.114. The third kappa shape index (κ3) is 5.49. The highest BCUT2D eigenvalue weighted by molar-refractivity contribution is 7.90. The lowest BCUT2D eigenvalue weighted by Gasteiger charge is -2.12. The van der Waals surface area contributed by atoms with Crippen molar-refractivity contribution in [3.63, 3.8) is 0 Å². The molecule has 6 nitrogen and oxygen atoms in total. The Balaban J connectivity index is 1.92. The molecule has 2 aromatic rings. The molecule has 2 aromatic carbocycles. The molecule has 0 bridgehead atoms. The molecule has 0 saturated carbocycles. The minimum absolute atomic E-state index is 0.0999. The SMILES string of the molecule is CCOc1ccc(NCC(=O)Nc2ccc(S(C)(=O)=O)cc2)c(C)c1. The number of aryl methyl sites for hydroxylation is 1. The molecule has 7 heteroatoms. The van der Waals surface area contributed by atoms with Crippen LogP contribution in [0.25, 0.3) is 0 Å². The first kappa shape index (κ1) is 18.8. The Morgan fingerprint density at radius 3 is 2.36 bits per heavy atom. The fourth-order valence-electron chi connectivity index (χ4n) is 2.26. The lowest BCUT2D eigenvalue weighted by atomic mass is 10.2. The van der Waals surface area contributed by atoms with Gasteiger partial charge in [0.1, 0.15) is 5.75 Å². The van der Waals surface area contributed by atoms with E-state index in [0.29, 0.717) is 12.3 Å². The molecule has 25 heavy (non-hydrogen) atoms. The van der Waals surface area contributed by atoms with Gasteiger partial charge in [-0.15, -0.1) is 0 Å². The van der Waals surface area contributed by atoms with E-state index in [0.717, 1.165) is 23.3 Å². The van der Waals surface area contributed by atoms with Crippen LogP contribution in [0.3, 0.4) is 0 Å². The van der Waals surface area contributed by atoms with E-state index in [4.69, 9.17) is 4.74 Å². The van der Waals surface area contributed by atoms with Crippen LogP contribution in [0, 0.1) is 6.92 Å². The average Bonchev–Trinajstić information content (AvgIpc) is 2.54. The first-order valence-corrected chi connectivity index (χ1v) is 9.76. The Morgan fingerprint density at radius 1 is 1.12 bits per heavy atom. The number of carbonyl (C=O) groups excluding carboxylic acids is 1. The van der Waals surface area contributed by atoms with Crippen molar-refractivity contribution in [1.82, 2.24) is 0 Å². The van der Waals surface area contributed by atoms with E-state index < -0.39 is 9.84 Å². The summed E-state index contributed by atoms with van der Waals surface area (Å²) in [5, 5.41) is 5.80. The average molecular weight is 362 g/mol. The number of sulfone groups is 1. The largest absolute Gasteiger partial charge is 0.494 e. The fourth-order valence-corrected chi connectivity index (χ4v) is 2.89. The van der Waals surface area contributed by atoms with E-state index >= 15 is 0 Å². The fraction of sp³-hybridized carbons (Fsp3) is 0.278. The molecule has 0 unspecified atom stereocenters. The minimum Gasteiger partial charge on any atom is -0.494 e. The van der Waals surface area contributed by atoms with E-state index in [9.17, 15) is 13.2 Å². The zero-order chi connectivity index (χ0) is 18.4. The molecule has 0 aliphatic rings. The van der Waals surface area contributed by atoms with Crippen molar-refractivity contribution in [2.75, 3.05) is 30.0 Å². The van der Waals surface area contributed by atoms with Gasteiger partial charge in [0.25, 0.3) is 0 Å². The van der Waals surface area contributed by atoms with Crippen molar-refractivity contribution < 1.29 is 17.9 Å². The van der Waals surface area contributed by atoms with Gasteiger partial charge in [-0.25, -0.2) is 8.42 Å². The predicted octanol–water partition coefficient (Wildman–Crippen LogP) is 2.85. The van der Waals surface area contributed by atoms with Gasteiger partial charge >= 0.3 is 0 Å². The zero-order valence-corrected chi connectivity index (χ0v) is 15.3. The van der Waals surface area contributed by atoms with Crippen molar-refractivity contribution in [3.8, 4) is 5.75 Å². The molecule has 0 aliphatic carbocycles. The summed E-state index contributed by atoms with van der Waals surface area (Å²) in [6, 6.07) is 11.7. The molecule has 0 spiro atoms. The maximum absolute atomic E-state index is 12.0. The van der Waals surface area contributed by atoms with Crippen LogP contribution in [-0.2, 0) is 14.6 Å². The second-order valence-corrected chi connectivity index (χ2v) is 7.62. The van der Waals surface area contributed by atoms with Gasteiger partial charge in [0, 0.05) is 17.6 Å². The van der Waals surface area contributed by atoms with Gasteiger partial charge in [-0.2, -0.15) is 0 Å². The monoisotopic (exact) mass is 362 g/mol. The maximum atomic E-state index is 12.0. The smallest absolute Gasteiger partial charge is 0.243 e. The molecular formula is C18H22N2O4S. The Bertz CT molecular complexity index is 846. The number of nitrogens with one attached hydrogen (secondary N) is 2. The standard InChI is InChI=1S/C18H22N2O4S/c1-4-24-15-7-10-17(13(2)11-15)19-12-18(21)20-14-5-8-16(9-6-14)25(3,22)23/h5-11,19H,4,12H2,1-3H3,(H,20,21). The molecule has 0 aromatic heterocycles. The van der Waals surface area contributed by atoms with Crippen LogP contribution in [0.4, 0.5) is 11.4 Å². The topological polar surface area (TPSA) is 84.5 Å². The number of benzene rings is 2. The summed E-state index contributed by atoms with van der Waals surface area (Å²) in [5.41, 5.74) is 2.38. The van der Waals surface area contributed by atoms with Crippen molar-refractivity contribution in [2.45, 2.75) is 18.7 Å². The second kappa shape index (κ2) is 8.02. The first-order chi connectivity index (χ1) is 11.8. The van der Waals surface area contributed by atoms with E-state index in [-0.39, 0.29) is 17.3 Å². The van der Waals surface area contributed by atoms with Gasteiger partial charge in [-0.3, -0.25) is 4.79 Å². The summed E-state index contributed by atoms with van der Waals surface area (Å²) in [5.74, 6) is 0.571. The second-order valence-electron chi connectivity index (χ2n) is 5.61. The Hall–Kier alpha value is -2.54. The molecule has 134 valence electrons. The van der Waals surface area contributed by atoms with Gasteiger partial charge in [0.05, 0.1) is 18.0 Å². The maximum Gasteiger partial charge on any atom is 0.243 e. The number of hydrogen-bond acceptors (Lipinski definition) is 5. The van der Waals surface area contributed by atoms with Crippen LogP contribution >= 0.6 is 0 Å². The number of anilines is 2. The summed E-state index contributed by atoms with van der Waals surface area (Å²) >= 11 is 0. The number of rotatable bonds is 7. The van der Waals surface area contributed by atoms with Gasteiger partial charge in [0.2, 0.25) is 5.91 Å². The number of amides is 1. The van der Waals surface area contributed by atoms with Gasteiger partial charge in [0.15, 0.2) is 9.84 Å². The highest BCUT2D eigenvalue weighted by atomic mass is 32.2. The van der Waals surface area contributed by atoms with Gasteiger partial charge in [-0.1, -0.05) is 0 Å². The van der Waals surface area contributed by atoms with Gasteiger partial charge < -0.3 is 15.4 Å². The van der Waals surface area contributed by atoms with Crippen LogP contribution < -0.4 is 15.4 Å². The molecule has 0 radical (unpaired) electrons. The number of hydrogen-bond donors (Lipinski definition) is 2. The van der Waals surface area contributed by atoms with Crippen LogP contribution in [-0.4, -0.2) is 33.7 Å². The summed E-state index contributed by atoms with van der Waals surface area (Å²) in [6.07, 6.45) is 1.14. The molecule has 0 aliphatic heterocycles. The van der Waals surface area contributed by atoms with E-state index in [2.05, 4.69) is 10.6 Å². The summed E-state index contributed by atoms with van der Waals surface area (Å²) in [4.78, 5) is 12.2. The van der Waals surface area contributed by atoms with Crippen LogP contribution in [0.1, 0.15) is 12.5 Å². The van der Waals surface area contributed by atoms with Crippen molar-refractivity contribution in [3.05, 3.63) is 48.0 Å². The highest BCUT2D eigenvalue weighted by Crippen LogP contribution is 2.21. The normalized spacial score (nSPS) is 11.0. The quantitative estimate of drug-likeness (QED) is 0.791. The molecule has 1 amide bonds. The molecule has 2 N–H and O–H groups in total. The van der Waals surface area contributed by atoms with Crippen molar-refractivity contribution >= 4 is 27.1 Å². The molecule has 0 saturated heterocycles. The highest BCUT2D eigenvalue weighted by Gasteiger charge is 2.08. The molecule has 0 fully saturated rings. The Morgan fingerprint density at radius 2 is 1.80 bits per heavy atom. The summed E-state index contributed by atoms with van der Waals surface area (Å²) in [6.45, 7) is 4.57. The van der Waals surface area contributed by atoms with Gasteiger partial charge in [-0.05, 0) is 61.9 Å². The third-order valence-electron chi connectivity index (χ3n) is 3.51. The zero-order valence-electron chi connectivity index (χ0n) is 14.5. The van der Waals surface area contributed by atoms with E-state index in [1.165, 1.54) is 12.1 Å². The Labute approximate surface area is 148 Å². The van der Waals surface area contributed by atoms with E-state index in [1.807, 2.05) is 32.0 Å². The number of ether oxygens (including phenoxy) is 1. The molecule has 0 atom stereocenters. The predicted molar refractivity (Wildman–Crippen MR) is 99.0 cm³/mol. The molecule has 0 heterocycles. The Kier molecular flexibility index (Phi) is 6.03. The number of carbonyl (C=O) groups is 1. The first-order valence-electron chi connectivity index (χ1n) is 7.87. The van der Waals surface area contributed by atoms with Crippen LogP contribution in [0.5, 0.6) is 5.75 Å². The summed E-state index contributed by atoms with van der Waals surface area (Å²) in [7, 11) is -3.24. The lowest BCUT2D eigenvalue weighted by Crippen LogP contribution is -2.22. The van der Waals surface area contributed by atoms with Crippen LogP contribution in [0.15, 0.2) is 47.4 Å². The van der Waals surface area contributed by atoms with Crippen molar-refractivity contribution in [1.29, 1.82) is 0 Å².